The van der Waals surface area contributed by atoms with Gasteiger partial charge in [-0.1, -0.05) is 64.9 Å². The molecule has 0 fully saturated rings. The molecule has 0 bridgehead atoms. The molecule has 0 aliphatic heterocycles. The highest BCUT2D eigenvalue weighted by molar-refractivity contribution is 7.74. The largest absolute Gasteiger partial charge is 0.424 e. The van der Waals surface area contributed by atoms with Gasteiger partial charge in [0.25, 0.3) is 0 Å². The van der Waals surface area contributed by atoms with E-state index in [9.17, 15) is 4.79 Å². The van der Waals surface area contributed by atoms with E-state index in [1.807, 2.05) is 0 Å². The lowest BCUT2D eigenvalue weighted by Crippen LogP contribution is -2.21. The summed E-state index contributed by atoms with van der Waals surface area (Å²) in [5.41, 5.74) is 0.505. The van der Waals surface area contributed by atoms with Crippen molar-refractivity contribution in [3.63, 3.8) is 0 Å². The first-order chi connectivity index (χ1) is 10.3. The van der Waals surface area contributed by atoms with Crippen molar-refractivity contribution in [3.8, 4) is 0 Å². The summed E-state index contributed by atoms with van der Waals surface area (Å²) < 4.78 is 5.66. The molecule has 0 amide bonds. The van der Waals surface area contributed by atoms with Crippen molar-refractivity contribution in [1.82, 2.24) is 0 Å². The number of hydrogen-bond donors (Lipinski definition) is 0. The van der Waals surface area contributed by atoms with Gasteiger partial charge in [0.2, 0.25) is 5.85 Å². The number of unbranched alkanes of at least 4 members (excludes halogenated alkanes) is 8. The Kier molecular flexibility index (Phi) is 11.9. The number of carbonyl (C=O) groups excluding carboxylic acids is 1. The Hall–Kier alpha value is -0.360. The highest BCUT2D eigenvalue weighted by Crippen LogP contribution is 2.54. The first kappa shape index (κ1) is 21.6. The van der Waals surface area contributed by atoms with Crippen molar-refractivity contribution in [1.29, 1.82) is 0 Å². The zero-order chi connectivity index (χ0) is 17.0. The van der Waals surface area contributed by atoms with Gasteiger partial charge in [0.1, 0.15) is 0 Å². The van der Waals surface area contributed by atoms with Crippen LogP contribution in [0.1, 0.15) is 78.1 Å². The third-order valence-corrected chi connectivity index (χ3v) is 6.10. The predicted octanol–water partition coefficient (Wildman–Crippen LogP) is 6.26. The zero-order valence-electron chi connectivity index (χ0n) is 15.6. The second-order valence-electron chi connectivity index (χ2n) is 7.37. The van der Waals surface area contributed by atoms with E-state index >= 15 is 0 Å². The van der Waals surface area contributed by atoms with E-state index < -0.39 is 7.26 Å². The lowest BCUT2D eigenvalue weighted by molar-refractivity contribution is -0.140. The van der Waals surface area contributed by atoms with Gasteiger partial charge in [0.15, 0.2) is 0 Å². The quantitative estimate of drug-likeness (QED) is 0.172. The summed E-state index contributed by atoms with van der Waals surface area (Å²) in [6.07, 6.45) is 13.0. The molecule has 0 saturated carbocycles. The molecule has 0 aromatic heterocycles. The smallest absolute Gasteiger partial charge is 0.336 e. The van der Waals surface area contributed by atoms with E-state index in [4.69, 9.17) is 4.74 Å². The maximum absolute atomic E-state index is 11.8. The van der Waals surface area contributed by atoms with E-state index in [-0.39, 0.29) is 11.8 Å². The summed E-state index contributed by atoms with van der Waals surface area (Å²) in [5.74, 6) is -0.128. The summed E-state index contributed by atoms with van der Waals surface area (Å²) in [6, 6.07) is 0. The molecule has 2 nitrogen and oxygen atoms in total. The lowest BCUT2D eigenvalue weighted by atomic mass is 10.1. The summed E-state index contributed by atoms with van der Waals surface area (Å²) in [4.78, 5) is 11.8. The van der Waals surface area contributed by atoms with Crippen LogP contribution >= 0.6 is 7.26 Å². The molecule has 22 heavy (non-hydrogen) atoms. The molecule has 0 rings (SSSR count). The summed E-state index contributed by atoms with van der Waals surface area (Å²) >= 11 is 0. The average Bonchev–Trinajstić information content (AvgIpc) is 2.42. The van der Waals surface area contributed by atoms with E-state index in [0.29, 0.717) is 5.57 Å². The van der Waals surface area contributed by atoms with Crippen molar-refractivity contribution in [2.24, 2.45) is 0 Å². The van der Waals surface area contributed by atoms with Crippen LogP contribution in [-0.2, 0) is 9.53 Å². The molecule has 1 unspecified atom stereocenters. The number of ether oxygens (including phenoxy) is 1. The molecule has 0 spiro atoms. The summed E-state index contributed by atoms with van der Waals surface area (Å²) in [6.45, 7) is 14.4. The molecule has 0 radical (unpaired) electrons. The zero-order valence-corrected chi connectivity index (χ0v) is 16.5. The van der Waals surface area contributed by atoms with E-state index in [0.717, 1.165) is 6.42 Å². The van der Waals surface area contributed by atoms with E-state index in [2.05, 4.69) is 33.5 Å². The van der Waals surface area contributed by atoms with Crippen LogP contribution in [0.3, 0.4) is 0 Å². The molecular formula is C19H38O2P+. The molecule has 0 aromatic rings. The molecule has 3 heteroatoms. The number of hydrogen-bond acceptors (Lipinski definition) is 2. The Morgan fingerprint density at radius 2 is 1.41 bits per heavy atom. The Bertz CT molecular complexity index is 318. The molecule has 1 atom stereocenters. The van der Waals surface area contributed by atoms with Crippen LogP contribution in [0.15, 0.2) is 12.2 Å². The minimum Gasteiger partial charge on any atom is -0.424 e. The maximum Gasteiger partial charge on any atom is 0.336 e. The molecule has 130 valence electrons. The van der Waals surface area contributed by atoms with E-state index in [1.165, 1.54) is 57.8 Å². The molecule has 0 N–H and O–H groups in total. The van der Waals surface area contributed by atoms with Gasteiger partial charge in [-0.2, -0.15) is 0 Å². The Balaban J connectivity index is 3.86. The molecule has 0 aliphatic carbocycles. The van der Waals surface area contributed by atoms with Gasteiger partial charge in [-0.05, 0) is 13.3 Å². The fourth-order valence-corrected chi connectivity index (χ4v) is 3.83. The van der Waals surface area contributed by atoms with Crippen LogP contribution in [-0.4, -0.2) is 31.8 Å². The van der Waals surface area contributed by atoms with E-state index in [1.54, 1.807) is 6.92 Å². The minimum atomic E-state index is -1.18. The van der Waals surface area contributed by atoms with Crippen LogP contribution in [0, 0.1) is 0 Å². The number of rotatable bonds is 13. The second-order valence-corrected chi connectivity index (χ2v) is 12.2. The SMILES string of the molecule is C=C(C)C(=O)OC(CCCCCCCCCCC)[P+](C)(C)C. The monoisotopic (exact) mass is 329 g/mol. The number of esters is 1. The molecule has 0 saturated heterocycles. The van der Waals surface area contributed by atoms with Gasteiger partial charge in [0, 0.05) is 19.3 Å². The van der Waals surface area contributed by atoms with Gasteiger partial charge in [-0.25, -0.2) is 4.79 Å². The Morgan fingerprint density at radius 3 is 1.82 bits per heavy atom. The predicted molar refractivity (Wildman–Crippen MR) is 101 cm³/mol. The van der Waals surface area contributed by atoms with Crippen molar-refractivity contribution in [3.05, 3.63) is 12.2 Å². The van der Waals surface area contributed by atoms with Crippen LogP contribution < -0.4 is 0 Å². The van der Waals surface area contributed by atoms with Gasteiger partial charge < -0.3 is 4.74 Å². The van der Waals surface area contributed by atoms with Crippen LogP contribution in [0.25, 0.3) is 0 Å². The standard InChI is InChI=1S/C19H38O2P/c1-7-8-9-10-11-12-13-14-15-16-18(22(4,5)6)21-19(20)17(2)3/h18H,2,7-16H2,1,3-6H3/q+1. The molecule has 0 aliphatic rings. The first-order valence-electron chi connectivity index (χ1n) is 8.96. The van der Waals surface area contributed by atoms with Gasteiger partial charge in [0.05, 0.1) is 20.0 Å². The van der Waals surface area contributed by atoms with Gasteiger partial charge in [-0.3, -0.25) is 0 Å². The third kappa shape index (κ3) is 11.2. The molecule has 0 aromatic carbocycles. The first-order valence-corrected chi connectivity index (χ1v) is 12.2. The fourth-order valence-electron chi connectivity index (χ4n) is 2.46. The lowest BCUT2D eigenvalue weighted by Gasteiger charge is -2.24. The highest BCUT2D eigenvalue weighted by atomic mass is 31.2. The van der Waals surface area contributed by atoms with Crippen LogP contribution in [0.5, 0.6) is 0 Å². The topological polar surface area (TPSA) is 26.3 Å². The normalized spacial score (nSPS) is 13.0. The summed E-state index contributed by atoms with van der Waals surface area (Å²) in [5, 5.41) is 0. The molecule has 0 heterocycles. The second kappa shape index (κ2) is 12.1. The summed E-state index contributed by atoms with van der Waals surface area (Å²) in [7, 11) is -1.18. The van der Waals surface area contributed by atoms with Crippen molar-refractivity contribution >= 4 is 13.2 Å². The third-order valence-electron chi connectivity index (χ3n) is 4.01. The highest BCUT2D eigenvalue weighted by Gasteiger charge is 2.34. The van der Waals surface area contributed by atoms with Crippen LogP contribution in [0.2, 0.25) is 0 Å². The maximum atomic E-state index is 11.8. The number of carbonyl (C=O) groups is 1. The Morgan fingerprint density at radius 1 is 0.955 bits per heavy atom. The van der Waals surface area contributed by atoms with Crippen LogP contribution in [0.4, 0.5) is 0 Å². The van der Waals surface area contributed by atoms with Crippen molar-refractivity contribution in [2.45, 2.75) is 83.9 Å². The van der Waals surface area contributed by atoms with Gasteiger partial charge >= 0.3 is 5.97 Å². The van der Waals surface area contributed by atoms with Crippen molar-refractivity contribution < 1.29 is 9.53 Å². The Labute approximate surface area is 139 Å². The minimum absolute atomic E-state index is 0.0984. The van der Waals surface area contributed by atoms with Gasteiger partial charge in [-0.15, -0.1) is 0 Å². The van der Waals surface area contributed by atoms with Crippen molar-refractivity contribution in [2.75, 3.05) is 20.0 Å². The molecular weight excluding hydrogens is 291 g/mol. The fraction of sp³-hybridized carbons (Fsp3) is 0.842. The average molecular weight is 329 g/mol.